The number of nitrogens with zero attached hydrogens (tertiary/aromatic N) is 3. The number of anilines is 2. The molecule has 0 bridgehead atoms. The number of aryl methyl sites for hydroxylation is 1. The SMILES string of the molecule is Cc1nc(CNC(=O)Nc2ccc(N3CCCC3)nc2)cs1. The van der Waals surface area contributed by atoms with Crippen molar-refractivity contribution in [3.05, 3.63) is 34.4 Å². The van der Waals surface area contributed by atoms with Gasteiger partial charge in [-0.3, -0.25) is 0 Å². The van der Waals surface area contributed by atoms with E-state index in [0.29, 0.717) is 12.2 Å². The summed E-state index contributed by atoms with van der Waals surface area (Å²) in [4.78, 5) is 22.8. The van der Waals surface area contributed by atoms with Crippen molar-refractivity contribution >= 4 is 28.9 Å². The Morgan fingerprint density at radius 1 is 1.36 bits per heavy atom. The zero-order valence-electron chi connectivity index (χ0n) is 12.5. The quantitative estimate of drug-likeness (QED) is 0.909. The molecule has 0 aromatic carbocycles. The van der Waals surface area contributed by atoms with Gasteiger partial charge < -0.3 is 15.5 Å². The molecule has 2 aromatic heterocycles. The normalized spacial score (nSPS) is 14.1. The number of pyridine rings is 1. The minimum atomic E-state index is -0.249. The van der Waals surface area contributed by atoms with E-state index >= 15 is 0 Å². The van der Waals surface area contributed by atoms with Crippen molar-refractivity contribution in [1.29, 1.82) is 0 Å². The Morgan fingerprint density at radius 2 is 2.18 bits per heavy atom. The van der Waals surface area contributed by atoms with Crippen LogP contribution in [0.3, 0.4) is 0 Å². The van der Waals surface area contributed by atoms with Crippen LogP contribution in [0.15, 0.2) is 23.7 Å². The van der Waals surface area contributed by atoms with Crippen molar-refractivity contribution in [3.63, 3.8) is 0 Å². The summed E-state index contributed by atoms with van der Waals surface area (Å²) in [5.74, 6) is 0.974. The van der Waals surface area contributed by atoms with E-state index in [1.807, 2.05) is 24.4 Å². The zero-order valence-corrected chi connectivity index (χ0v) is 13.3. The van der Waals surface area contributed by atoms with Gasteiger partial charge in [-0.15, -0.1) is 11.3 Å². The zero-order chi connectivity index (χ0) is 15.4. The van der Waals surface area contributed by atoms with Crippen molar-refractivity contribution in [3.8, 4) is 0 Å². The van der Waals surface area contributed by atoms with E-state index in [-0.39, 0.29) is 6.03 Å². The van der Waals surface area contributed by atoms with E-state index in [1.54, 1.807) is 17.5 Å². The molecule has 3 heterocycles. The molecule has 0 atom stereocenters. The molecule has 0 aliphatic carbocycles. The summed E-state index contributed by atoms with van der Waals surface area (Å²) in [7, 11) is 0. The molecule has 7 heteroatoms. The highest BCUT2D eigenvalue weighted by Crippen LogP contribution is 2.19. The molecule has 1 aliphatic rings. The number of aromatic nitrogens is 2. The standard InChI is InChI=1S/C15H19N5OS/c1-11-18-13(10-22-11)9-17-15(21)19-12-4-5-14(16-8-12)20-6-2-3-7-20/h4-5,8,10H,2-3,6-7,9H2,1H3,(H2,17,19,21). The van der Waals surface area contributed by atoms with Gasteiger partial charge in [-0.05, 0) is 31.9 Å². The maximum Gasteiger partial charge on any atom is 0.319 e. The topological polar surface area (TPSA) is 70.2 Å². The van der Waals surface area contributed by atoms with Crippen molar-refractivity contribution < 1.29 is 4.79 Å². The Morgan fingerprint density at radius 3 is 2.82 bits per heavy atom. The van der Waals surface area contributed by atoms with E-state index in [2.05, 4.69) is 25.5 Å². The maximum atomic E-state index is 11.8. The lowest BCUT2D eigenvalue weighted by Gasteiger charge is -2.16. The molecular weight excluding hydrogens is 298 g/mol. The molecule has 3 rings (SSSR count). The summed E-state index contributed by atoms with van der Waals surface area (Å²) in [5, 5.41) is 8.51. The number of amides is 2. The first-order chi connectivity index (χ1) is 10.7. The Hall–Kier alpha value is -2.15. The Bertz CT molecular complexity index is 634. The number of urea groups is 1. The molecule has 0 unspecified atom stereocenters. The number of thiazole rings is 1. The van der Waals surface area contributed by atoms with Crippen LogP contribution in [0.2, 0.25) is 0 Å². The number of nitrogens with one attached hydrogen (secondary N) is 2. The summed E-state index contributed by atoms with van der Waals surface area (Å²) >= 11 is 1.58. The predicted molar refractivity (Wildman–Crippen MR) is 88.4 cm³/mol. The second-order valence-electron chi connectivity index (χ2n) is 5.26. The van der Waals surface area contributed by atoms with Crippen LogP contribution in [0.25, 0.3) is 0 Å². The second-order valence-corrected chi connectivity index (χ2v) is 6.33. The predicted octanol–water partition coefficient (Wildman–Crippen LogP) is 2.77. The van der Waals surface area contributed by atoms with Gasteiger partial charge in [-0.1, -0.05) is 0 Å². The largest absolute Gasteiger partial charge is 0.357 e. The molecule has 2 amide bonds. The van der Waals surface area contributed by atoms with Crippen LogP contribution in [0.5, 0.6) is 0 Å². The number of hydrogen-bond donors (Lipinski definition) is 2. The molecule has 2 aromatic rings. The first-order valence-electron chi connectivity index (χ1n) is 7.37. The van der Waals surface area contributed by atoms with Crippen LogP contribution >= 0.6 is 11.3 Å². The van der Waals surface area contributed by atoms with Crippen molar-refractivity contribution in [2.75, 3.05) is 23.3 Å². The molecule has 2 N–H and O–H groups in total. The molecule has 6 nitrogen and oxygen atoms in total. The lowest BCUT2D eigenvalue weighted by atomic mass is 10.4. The third-order valence-corrected chi connectivity index (χ3v) is 4.35. The van der Waals surface area contributed by atoms with E-state index < -0.39 is 0 Å². The van der Waals surface area contributed by atoms with Gasteiger partial charge in [0.1, 0.15) is 5.82 Å². The van der Waals surface area contributed by atoms with E-state index in [1.165, 1.54) is 12.8 Å². The Balaban J connectivity index is 1.50. The van der Waals surface area contributed by atoms with Crippen LogP contribution in [0.1, 0.15) is 23.5 Å². The van der Waals surface area contributed by atoms with Gasteiger partial charge in [0.2, 0.25) is 0 Å². The van der Waals surface area contributed by atoms with Crippen molar-refractivity contribution in [2.24, 2.45) is 0 Å². The molecule has 0 radical (unpaired) electrons. The third-order valence-electron chi connectivity index (χ3n) is 3.53. The minimum absolute atomic E-state index is 0.249. The van der Waals surface area contributed by atoms with Gasteiger partial charge in [0, 0.05) is 18.5 Å². The van der Waals surface area contributed by atoms with Gasteiger partial charge in [0.05, 0.1) is 29.1 Å². The number of carbonyl (C=O) groups is 1. The molecular formula is C15H19N5OS. The second kappa shape index (κ2) is 6.74. The highest BCUT2D eigenvalue weighted by molar-refractivity contribution is 7.09. The number of hydrogen-bond acceptors (Lipinski definition) is 5. The highest BCUT2D eigenvalue weighted by Gasteiger charge is 2.13. The Labute approximate surface area is 133 Å². The lowest BCUT2D eigenvalue weighted by Crippen LogP contribution is -2.28. The summed E-state index contributed by atoms with van der Waals surface area (Å²) in [5.41, 5.74) is 1.56. The van der Waals surface area contributed by atoms with Crippen LogP contribution in [0, 0.1) is 6.92 Å². The summed E-state index contributed by atoms with van der Waals surface area (Å²) in [6.45, 7) is 4.50. The maximum absolute atomic E-state index is 11.8. The Kier molecular flexibility index (Phi) is 4.53. The molecule has 0 saturated carbocycles. The number of carbonyl (C=O) groups excluding carboxylic acids is 1. The average molecular weight is 317 g/mol. The van der Waals surface area contributed by atoms with Crippen molar-refractivity contribution in [1.82, 2.24) is 15.3 Å². The molecule has 1 saturated heterocycles. The van der Waals surface area contributed by atoms with Gasteiger partial charge >= 0.3 is 6.03 Å². The summed E-state index contributed by atoms with van der Waals surface area (Å²) in [6.07, 6.45) is 4.14. The summed E-state index contributed by atoms with van der Waals surface area (Å²) in [6, 6.07) is 3.58. The fourth-order valence-electron chi connectivity index (χ4n) is 2.43. The monoisotopic (exact) mass is 317 g/mol. The molecule has 1 fully saturated rings. The molecule has 1 aliphatic heterocycles. The van der Waals surface area contributed by atoms with Gasteiger partial charge in [-0.25, -0.2) is 14.8 Å². The highest BCUT2D eigenvalue weighted by atomic mass is 32.1. The van der Waals surface area contributed by atoms with Crippen LogP contribution in [-0.2, 0) is 6.54 Å². The summed E-state index contributed by atoms with van der Waals surface area (Å²) < 4.78 is 0. The van der Waals surface area contributed by atoms with E-state index in [4.69, 9.17) is 0 Å². The van der Waals surface area contributed by atoms with Crippen molar-refractivity contribution in [2.45, 2.75) is 26.3 Å². The fraction of sp³-hybridized carbons (Fsp3) is 0.400. The molecule has 116 valence electrons. The van der Waals surface area contributed by atoms with Gasteiger partial charge in [0.15, 0.2) is 0 Å². The molecule has 22 heavy (non-hydrogen) atoms. The fourth-order valence-corrected chi connectivity index (χ4v) is 3.04. The first kappa shape index (κ1) is 14.8. The van der Waals surface area contributed by atoms with Crippen LogP contribution in [-0.4, -0.2) is 29.1 Å². The first-order valence-corrected chi connectivity index (χ1v) is 8.25. The molecule has 0 spiro atoms. The van der Waals surface area contributed by atoms with Gasteiger partial charge in [-0.2, -0.15) is 0 Å². The van der Waals surface area contributed by atoms with Crippen LogP contribution in [0.4, 0.5) is 16.3 Å². The number of rotatable bonds is 4. The van der Waals surface area contributed by atoms with E-state index in [9.17, 15) is 4.79 Å². The third kappa shape index (κ3) is 3.73. The van der Waals surface area contributed by atoms with Gasteiger partial charge in [0.25, 0.3) is 0 Å². The average Bonchev–Trinajstić information content (AvgIpc) is 3.17. The van der Waals surface area contributed by atoms with E-state index in [0.717, 1.165) is 29.6 Å². The lowest BCUT2D eigenvalue weighted by molar-refractivity contribution is 0.251. The smallest absolute Gasteiger partial charge is 0.319 e. The van der Waals surface area contributed by atoms with Crippen LogP contribution < -0.4 is 15.5 Å². The minimum Gasteiger partial charge on any atom is -0.357 e.